The number of rotatable bonds is 5. The number of nitrogens with one attached hydrogen (secondary N) is 2. The van der Waals surface area contributed by atoms with Crippen molar-refractivity contribution in [3.63, 3.8) is 0 Å². The molecule has 0 aromatic rings. The first-order valence-corrected chi connectivity index (χ1v) is 5.92. The monoisotopic (exact) mass is 212 g/mol. The molecule has 1 aliphatic heterocycles. The molecule has 86 valence electrons. The van der Waals surface area contributed by atoms with E-state index in [1.165, 1.54) is 12.8 Å². The summed E-state index contributed by atoms with van der Waals surface area (Å²) in [5.41, 5.74) is 0. The van der Waals surface area contributed by atoms with E-state index in [1.54, 1.807) is 0 Å². The topological polar surface area (TPSA) is 50.4 Å². The van der Waals surface area contributed by atoms with Gasteiger partial charge in [0, 0.05) is 6.61 Å². The van der Waals surface area contributed by atoms with Crippen molar-refractivity contribution >= 4 is 5.91 Å². The van der Waals surface area contributed by atoms with E-state index >= 15 is 0 Å². The fourth-order valence-corrected chi connectivity index (χ4v) is 1.85. The van der Waals surface area contributed by atoms with Crippen molar-refractivity contribution in [3.05, 3.63) is 0 Å². The number of amides is 1. The summed E-state index contributed by atoms with van der Waals surface area (Å²) in [5.74, 6) is 0.932. The van der Waals surface area contributed by atoms with Crippen LogP contribution in [0.25, 0.3) is 0 Å². The SMILES string of the molecule is O=C(CNCC1CC1)NC1CCCOC1. The van der Waals surface area contributed by atoms with Crippen LogP contribution in [0.4, 0.5) is 0 Å². The standard InChI is InChI=1S/C11H20N2O2/c14-11(7-12-6-9-3-4-9)13-10-2-1-5-15-8-10/h9-10,12H,1-8H2,(H,13,14). The fourth-order valence-electron chi connectivity index (χ4n) is 1.85. The third-order valence-corrected chi connectivity index (χ3v) is 2.94. The Morgan fingerprint density at radius 3 is 2.87 bits per heavy atom. The van der Waals surface area contributed by atoms with Gasteiger partial charge in [-0.3, -0.25) is 4.79 Å². The predicted molar refractivity (Wildman–Crippen MR) is 57.6 cm³/mol. The minimum absolute atomic E-state index is 0.103. The molecule has 0 spiro atoms. The quantitative estimate of drug-likeness (QED) is 0.688. The average molecular weight is 212 g/mol. The van der Waals surface area contributed by atoms with Gasteiger partial charge in [0.2, 0.25) is 5.91 Å². The molecular weight excluding hydrogens is 192 g/mol. The molecule has 0 aromatic carbocycles. The Hall–Kier alpha value is -0.610. The summed E-state index contributed by atoms with van der Waals surface area (Å²) in [6.07, 6.45) is 4.75. The minimum atomic E-state index is 0.103. The smallest absolute Gasteiger partial charge is 0.234 e. The number of ether oxygens (including phenoxy) is 1. The molecular formula is C11H20N2O2. The third kappa shape index (κ3) is 4.18. The molecule has 2 aliphatic rings. The van der Waals surface area contributed by atoms with E-state index in [0.717, 1.165) is 31.9 Å². The van der Waals surface area contributed by atoms with E-state index in [9.17, 15) is 4.79 Å². The molecule has 1 saturated carbocycles. The lowest BCUT2D eigenvalue weighted by Crippen LogP contribution is -2.44. The van der Waals surface area contributed by atoms with Crippen LogP contribution in [-0.4, -0.2) is 38.3 Å². The summed E-state index contributed by atoms with van der Waals surface area (Å²) >= 11 is 0. The van der Waals surface area contributed by atoms with Crippen LogP contribution in [0.5, 0.6) is 0 Å². The van der Waals surface area contributed by atoms with Crippen molar-refractivity contribution in [2.75, 3.05) is 26.3 Å². The number of carbonyl (C=O) groups excluding carboxylic acids is 1. The van der Waals surface area contributed by atoms with Crippen LogP contribution >= 0.6 is 0 Å². The molecule has 0 radical (unpaired) electrons. The lowest BCUT2D eigenvalue weighted by atomic mass is 10.1. The number of carbonyl (C=O) groups is 1. The second kappa shape index (κ2) is 5.47. The average Bonchev–Trinajstić information content (AvgIpc) is 3.03. The highest BCUT2D eigenvalue weighted by Crippen LogP contribution is 2.27. The van der Waals surface area contributed by atoms with E-state index < -0.39 is 0 Å². The Bertz CT molecular complexity index is 211. The third-order valence-electron chi connectivity index (χ3n) is 2.94. The van der Waals surface area contributed by atoms with Gasteiger partial charge in [0.1, 0.15) is 0 Å². The lowest BCUT2D eigenvalue weighted by Gasteiger charge is -2.23. The zero-order valence-electron chi connectivity index (χ0n) is 9.13. The maximum absolute atomic E-state index is 11.5. The summed E-state index contributed by atoms with van der Waals surface area (Å²) in [7, 11) is 0. The normalized spacial score (nSPS) is 26.3. The van der Waals surface area contributed by atoms with Gasteiger partial charge in [-0.25, -0.2) is 0 Å². The zero-order chi connectivity index (χ0) is 10.5. The molecule has 2 fully saturated rings. The first kappa shape index (κ1) is 10.9. The molecule has 1 unspecified atom stereocenters. The Morgan fingerprint density at radius 1 is 1.33 bits per heavy atom. The van der Waals surface area contributed by atoms with Gasteiger partial charge in [-0.05, 0) is 38.1 Å². The Labute approximate surface area is 90.8 Å². The molecule has 2 rings (SSSR count). The molecule has 0 bridgehead atoms. The molecule has 4 heteroatoms. The van der Waals surface area contributed by atoms with Gasteiger partial charge >= 0.3 is 0 Å². The van der Waals surface area contributed by atoms with Gasteiger partial charge in [0.15, 0.2) is 0 Å². The summed E-state index contributed by atoms with van der Waals surface area (Å²) in [4.78, 5) is 11.5. The van der Waals surface area contributed by atoms with Crippen LogP contribution in [-0.2, 0) is 9.53 Å². The molecule has 0 aromatic heterocycles. The van der Waals surface area contributed by atoms with Gasteiger partial charge in [-0.1, -0.05) is 0 Å². The van der Waals surface area contributed by atoms with Crippen molar-refractivity contribution in [1.82, 2.24) is 10.6 Å². The van der Waals surface area contributed by atoms with Crippen LogP contribution < -0.4 is 10.6 Å². The Morgan fingerprint density at radius 2 is 2.20 bits per heavy atom. The van der Waals surface area contributed by atoms with Gasteiger partial charge in [0.25, 0.3) is 0 Å². The van der Waals surface area contributed by atoms with E-state index in [4.69, 9.17) is 4.74 Å². The maximum atomic E-state index is 11.5. The van der Waals surface area contributed by atoms with Crippen molar-refractivity contribution in [3.8, 4) is 0 Å². The summed E-state index contributed by atoms with van der Waals surface area (Å²) in [6, 6.07) is 0.231. The first-order chi connectivity index (χ1) is 7.34. The van der Waals surface area contributed by atoms with E-state index in [2.05, 4.69) is 10.6 Å². The highest BCUT2D eigenvalue weighted by atomic mass is 16.5. The predicted octanol–water partition coefficient (Wildman–Crippen LogP) is 0.281. The van der Waals surface area contributed by atoms with E-state index in [1.807, 2.05) is 0 Å². The van der Waals surface area contributed by atoms with Crippen LogP contribution in [0.1, 0.15) is 25.7 Å². The zero-order valence-corrected chi connectivity index (χ0v) is 9.13. The molecule has 1 heterocycles. The van der Waals surface area contributed by atoms with Crippen LogP contribution in [0.2, 0.25) is 0 Å². The van der Waals surface area contributed by atoms with E-state index in [-0.39, 0.29) is 11.9 Å². The van der Waals surface area contributed by atoms with Gasteiger partial charge in [-0.15, -0.1) is 0 Å². The van der Waals surface area contributed by atoms with Crippen molar-refractivity contribution in [2.24, 2.45) is 5.92 Å². The number of hydrogen-bond acceptors (Lipinski definition) is 3. The van der Waals surface area contributed by atoms with E-state index in [0.29, 0.717) is 13.2 Å². The van der Waals surface area contributed by atoms with Crippen LogP contribution in [0.3, 0.4) is 0 Å². The van der Waals surface area contributed by atoms with Crippen LogP contribution in [0.15, 0.2) is 0 Å². The highest BCUT2D eigenvalue weighted by Gasteiger charge is 2.21. The molecule has 4 nitrogen and oxygen atoms in total. The van der Waals surface area contributed by atoms with Crippen molar-refractivity contribution in [2.45, 2.75) is 31.7 Å². The molecule has 1 aliphatic carbocycles. The lowest BCUT2D eigenvalue weighted by molar-refractivity contribution is -0.121. The molecule has 2 N–H and O–H groups in total. The Balaban J connectivity index is 1.54. The van der Waals surface area contributed by atoms with Gasteiger partial charge < -0.3 is 15.4 Å². The summed E-state index contributed by atoms with van der Waals surface area (Å²) < 4.78 is 5.30. The molecule has 15 heavy (non-hydrogen) atoms. The second-order valence-electron chi connectivity index (χ2n) is 4.56. The largest absolute Gasteiger partial charge is 0.379 e. The van der Waals surface area contributed by atoms with Crippen LogP contribution in [0, 0.1) is 5.92 Å². The number of hydrogen-bond donors (Lipinski definition) is 2. The Kier molecular flexibility index (Phi) is 3.97. The fraction of sp³-hybridized carbons (Fsp3) is 0.909. The van der Waals surface area contributed by atoms with Crippen molar-refractivity contribution in [1.29, 1.82) is 0 Å². The minimum Gasteiger partial charge on any atom is -0.379 e. The second-order valence-corrected chi connectivity index (χ2v) is 4.56. The van der Waals surface area contributed by atoms with Gasteiger partial charge in [-0.2, -0.15) is 0 Å². The van der Waals surface area contributed by atoms with Gasteiger partial charge in [0.05, 0.1) is 19.2 Å². The highest BCUT2D eigenvalue weighted by molar-refractivity contribution is 5.78. The first-order valence-electron chi connectivity index (χ1n) is 5.92. The molecule has 1 amide bonds. The summed E-state index contributed by atoms with van der Waals surface area (Å²) in [5, 5.41) is 6.17. The molecule has 1 saturated heterocycles. The molecule has 1 atom stereocenters. The van der Waals surface area contributed by atoms with Crippen molar-refractivity contribution < 1.29 is 9.53 Å². The summed E-state index contributed by atoms with van der Waals surface area (Å²) in [6.45, 7) is 2.96. The maximum Gasteiger partial charge on any atom is 0.234 e.